The van der Waals surface area contributed by atoms with Crippen molar-refractivity contribution in [3.05, 3.63) is 47.8 Å². The van der Waals surface area contributed by atoms with E-state index in [0.717, 1.165) is 16.4 Å². The molecule has 0 bridgehead atoms. The molecule has 2 heterocycles. The number of carbonyl (C=O) groups excluding carboxylic acids is 1. The third-order valence-electron chi connectivity index (χ3n) is 4.07. The second-order valence-electron chi connectivity index (χ2n) is 6.12. The zero-order valence-electron chi connectivity index (χ0n) is 14.2. The number of aromatic nitrogens is 2. The summed E-state index contributed by atoms with van der Waals surface area (Å²) in [5, 5.41) is 5.70. The van der Waals surface area contributed by atoms with Gasteiger partial charge in [0.2, 0.25) is 0 Å². The maximum absolute atomic E-state index is 13.0. The van der Waals surface area contributed by atoms with Gasteiger partial charge in [0.05, 0.1) is 18.4 Å². The Morgan fingerprint density at radius 3 is 2.77 bits per heavy atom. The Balaban J connectivity index is 1.65. The van der Waals surface area contributed by atoms with Gasteiger partial charge < -0.3 is 15.0 Å². The molecule has 0 spiro atoms. The van der Waals surface area contributed by atoms with Gasteiger partial charge in [0.25, 0.3) is 0 Å². The van der Waals surface area contributed by atoms with Crippen LogP contribution >= 0.6 is 0 Å². The van der Waals surface area contributed by atoms with Gasteiger partial charge in [-0.15, -0.1) is 0 Å². The minimum absolute atomic E-state index is 0.201. The number of hydrogen-bond donors (Lipinski definition) is 1. The lowest BCUT2D eigenvalue weighted by molar-refractivity contribution is -0.140. The summed E-state index contributed by atoms with van der Waals surface area (Å²) in [4.78, 5) is 13.9. The number of nitrogens with one attached hydrogen (secondary N) is 1. The summed E-state index contributed by atoms with van der Waals surface area (Å²) in [7, 11) is 1.37. The number of urea groups is 1. The lowest BCUT2D eigenvalue weighted by Gasteiger charge is -2.33. The Kier molecular flexibility index (Phi) is 5.17. The number of benzene rings is 1. The number of rotatable bonds is 3. The fraction of sp³-hybridized carbons (Fsp3) is 0.412. The largest absolute Gasteiger partial charge is 0.437 e. The van der Waals surface area contributed by atoms with Crippen LogP contribution in [0.15, 0.2) is 36.5 Å². The number of aryl methyl sites for hydroxylation is 1. The lowest BCUT2D eigenvalue weighted by Crippen LogP contribution is -2.48. The molecule has 1 N–H and O–H groups in total. The fourth-order valence-electron chi connectivity index (χ4n) is 2.89. The number of morpholine rings is 1. The molecular formula is C17H19F3N4O2. The first-order valence-electron chi connectivity index (χ1n) is 8.15. The highest BCUT2D eigenvalue weighted by Gasteiger charge is 2.38. The molecule has 1 aliphatic heterocycles. The normalized spacial score (nSPS) is 18.0. The zero-order chi connectivity index (χ0) is 18.7. The second-order valence-corrected chi connectivity index (χ2v) is 6.12. The van der Waals surface area contributed by atoms with Gasteiger partial charge in [-0.2, -0.15) is 18.3 Å². The first-order chi connectivity index (χ1) is 12.3. The van der Waals surface area contributed by atoms with E-state index >= 15 is 0 Å². The van der Waals surface area contributed by atoms with E-state index in [1.807, 2.05) is 30.3 Å². The molecule has 2 aromatic rings. The summed E-state index contributed by atoms with van der Waals surface area (Å²) in [5.74, 6) is 0. The topological polar surface area (TPSA) is 59.4 Å². The van der Waals surface area contributed by atoms with E-state index in [-0.39, 0.29) is 11.8 Å². The molecule has 2 amide bonds. The average molecular weight is 368 g/mol. The Morgan fingerprint density at radius 1 is 1.35 bits per heavy atom. The highest BCUT2D eigenvalue weighted by Crippen LogP contribution is 2.33. The molecule has 1 aliphatic rings. The van der Waals surface area contributed by atoms with E-state index in [2.05, 4.69) is 10.4 Å². The molecule has 1 atom stereocenters. The number of hydrogen-bond acceptors (Lipinski definition) is 3. The number of anilines is 1. The number of halogens is 3. The van der Waals surface area contributed by atoms with Gasteiger partial charge in [0.15, 0.2) is 5.69 Å². The summed E-state index contributed by atoms with van der Waals surface area (Å²) >= 11 is 0. The van der Waals surface area contributed by atoms with Crippen LogP contribution in [0.4, 0.5) is 23.7 Å². The minimum atomic E-state index is -4.63. The molecule has 9 heteroatoms. The van der Waals surface area contributed by atoms with Crippen LogP contribution in [0.2, 0.25) is 0 Å². The van der Waals surface area contributed by atoms with E-state index in [1.54, 1.807) is 0 Å². The van der Waals surface area contributed by atoms with Crippen molar-refractivity contribution in [1.82, 2.24) is 14.7 Å². The number of ether oxygens (including phenoxy) is 1. The Bertz CT molecular complexity index is 761. The molecule has 1 aromatic carbocycles. The molecule has 1 aromatic heterocycles. The van der Waals surface area contributed by atoms with Crippen molar-refractivity contribution < 1.29 is 22.7 Å². The van der Waals surface area contributed by atoms with Gasteiger partial charge in [0.1, 0.15) is 0 Å². The summed E-state index contributed by atoms with van der Waals surface area (Å²) in [6.45, 7) is 0.963. The standard InChI is InChI=1S/C17H19F3N4O2/c1-23-11-14(15(22-23)17(18,19)20)21-16(25)24-7-8-26-13(10-24)9-12-5-3-2-4-6-12/h2-6,11,13H,7-10H2,1H3,(H,21,25). The smallest absolute Gasteiger partial charge is 0.374 e. The van der Waals surface area contributed by atoms with E-state index in [1.165, 1.54) is 11.9 Å². The molecule has 0 saturated carbocycles. The van der Waals surface area contributed by atoms with Gasteiger partial charge in [-0.05, 0) is 5.56 Å². The minimum Gasteiger partial charge on any atom is -0.374 e. The Labute approximate surface area is 148 Å². The molecule has 6 nitrogen and oxygen atoms in total. The highest BCUT2D eigenvalue weighted by atomic mass is 19.4. The van der Waals surface area contributed by atoms with Crippen molar-refractivity contribution in [2.75, 3.05) is 25.0 Å². The maximum Gasteiger partial charge on any atom is 0.437 e. The predicted molar refractivity (Wildman–Crippen MR) is 88.7 cm³/mol. The van der Waals surface area contributed by atoms with Crippen molar-refractivity contribution in [2.24, 2.45) is 7.05 Å². The Hall–Kier alpha value is -2.55. The van der Waals surface area contributed by atoms with Gasteiger partial charge in [-0.25, -0.2) is 4.79 Å². The lowest BCUT2D eigenvalue weighted by atomic mass is 10.1. The summed E-state index contributed by atoms with van der Waals surface area (Å²) in [6, 6.07) is 9.09. The number of nitrogens with zero attached hydrogens (tertiary/aromatic N) is 3. The van der Waals surface area contributed by atoms with Crippen LogP contribution in [0.1, 0.15) is 11.3 Å². The van der Waals surface area contributed by atoms with Crippen LogP contribution in [0.5, 0.6) is 0 Å². The molecule has 1 unspecified atom stereocenters. The molecule has 3 rings (SSSR count). The quantitative estimate of drug-likeness (QED) is 0.906. The van der Waals surface area contributed by atoms with Gasteiger partial charge in [-0.3, -0.25) is 4.68 Å². The Morgan fingerprint density at radius 2 is 2.08 bits per heavy atom. The second kappa shape index (κ2) is 7.36. The fourth-order valence-corrected chi connectivity index (χ4v) is 2.89. The maximum atomic E-state index is 13.0. The van der Waals surface area contributed by atoms with Crippen LogP contribution in [-0.4, -0.2) is 46.5 Å². The van der Waals surface area contributed by atoms with Gasteiger partial charge in [0, 0.05) is 32.8 Å². The average Bonchev–Trinajstić information content (AvgIpc) is 2.97. The van der Waals surface area contributed by atoms with E-state index in [9.17, 15) is 18.0 Å². The van der Waals surface area contributed by atoms with Crippen LogP contribution in [0.25, 0.3) is 0 Å². The van der Waals surface area contributed by atoms with Crippen molar-refractivity contribution >= 4 is 11.7 Å². The zero-order valence-corrected chi connectivity index (χ0v) is 14.2. The van der Waals surface area contributed by atoms with Crippen molar-refractivity contribution in [3.8, 4) is 0 Å². The van der Waals surface area contributed by atoms with Gasteiger partial charge in [-0.1, -0.05) is 30.3 Å². The molecule has 0 aliphatic carbocycles. The molecule has 1 fully saturated rings. The van der Waals surface area contributed by atoms with Gasteiger partial charge >= 0.3 is 12.2 Å². The summed E-state index contributed by atoms with van der Waals surface area (Å²) < 4.78 is 45.7. The van der Waals surface area contributed by atoms with Crippen molar-refractivity contribution in [2.45, 2.75) is 18.7 Å². The van der Waals surface area contributed by atoms with Crippen molar-refractivity contribution in [3.63, 3.8) is 0 Å². The van der Waals surface area contributed by atoms with Crippen LogP contribution in [0.3, 0.4) is 0 Å². The number of alkyl halides is 3. The third-order valence-corrected chi connectivity index (χ3v) is 4.07. The van der Waals surface area contributed by atoms with Crippen LogP contribution < -0.4 is 5.32 Å². The van der Waals surface area contributed by atoms with Crippen LogP contribution in [-0.2, 0) is 24.4 Å². The van der Waals surface area contributed by atoms with Crippen molar-refractivity contribution in [1.29, 1.82) is 0 Å². The predicted octanol–water partition coefficient (Wildman–Crippen LogP) is 2.91. The highest BCUT2D eigenvalue weighted by molar-refractivity contribution is 5.90. The first kappa shape index (κ1) is 18.2. The SMILES string of the molecule is Cn1cc(NC(=O)N2CCOC(Cc3ccccc3)C2)c(C(F)(F)F)n1. The molecular weight excluding hydrogens is 349 g/mol. The third kappa shape index (κ3) is 4.34. The number of amides is 2. The first-order valence-corrected chi connectivity index (χ1v) is 8.15. The number of carbonyl (C=O) groups is 1. The van der Waals surface area contributed by atoms with E-state index < -0.39 is 17.9 Å². The molecule has 26 heavy (non-hydrogen) atoms. The molecule has 1 saturated heterocycles. The monoisotopic (exact) mass is 368 g/mol. The van der Waals surface area contributed by atoms with Crippen LogP contribution in [0, 0.1) is 0 Å². The van der Waals surface area contributed by atoms with E-state index in [0.29, 0.717) is 26.1 Å². The summed E-state index contributed by atoms with van der Waals surface area (Å²) in [6.07, 6.45) is -3.06. The molecule has 140 valence electrons. The van der Waals surface area contributed by atoms with E-state index in [4.69, 9.17) is 4.74 Å². The summed E-state index contributed by atoms with van der Waals surface area (Å²) in [5.41, 5.74) is -0.384. The molecule has 0 radical (unpaired) electrons.